The Balaban J connectivity index is 1.24. The third-order valence-electron chi connectivity index (χ3n) is 6.54. The summed E-state index contributed by atoms with van der Waals surface area (Å²) in [6.45, 7) is 7.51. The highest BCUT2D eigenvalue weighted by Gasteiger charge is 2.27. The van der Waals surface area contributed by atoms with Gasteiger partial charge in [0.25, 0.3) is 5.91 Å². The van der Waals surface area contributed by atoms with Gasteiger partial charge in [-0.25, -0.2) is 4.79 Å². The van der Waals surface area contributed by atoms with E-state index in [-0.39, 0.29) is 12.0 Å². The second-order valence-electron chi connectivity index (χ2n) is 10.6. The molecule has 1 aliphatic rings. The zero-order chi connectivity index (χ0) is 27.1. The molecule has 1 aliphatic heterocycles. The second-order valence-corrected chi connectivity index (χ2v) is 10.6. The first-order valence-electron chi connectivity index (χ1n) is 13.1. The minimum absolute atomic E-state index is 0.0891. The summed E-state index contributed by atoms with van der Waals surface area (Å²) in [5.41, 5.74) is 4.21. The molecule has 1 heterocycles. The van der Waals surface area contributed by atoms with Crippen molar-refractivity contribution in [1.29, 1.82) is 0 Å². The number of amides is 2. The number of methoxy groups -OCH3 is 1. The van der Waals surface area contributed by atoms with Crippen LogP contribution in [0.1, 0.15) is 44.0 Å². The fourth-order valence-electron chi connectivity index (χ4n) is 4.41. The molecule has 1 saturated heterocycles. The molecule has 0 saturated carbocycles. The van der Waals surface area contributed by atoms with Crippen LogP contribution in [0.4, 0.5) is 16.2 Å². The first kappa shape index (κ1) is 27.0. The van der Waals surface area contributed by atoms with E-state index in [1.807, 2.05) is 75.4 Å². The van der Waals surface area contributed by atoms with Crippen LogP contribution in [0.5, 0.6) is 5.75 Å². The van der Waals surface area contributed by atoms with Gasteiger partial charge in [0.1, 0.15) is 11.4 Å². The van der Waals surface area contributed by atoms with Crippen molar-refractivity contribution in [2.24, 2.45) is 5.92 Å². The molecular weight excluding hydrogens is 478 g/mol. The lowest BCUT2D eigenvalue weighted by molar-refractivity contribution is 0.0183. The highest BCUT2D eigenvalue weighted by atomic mass is 16.6. The standard InChI is InChI=1S/C31H37N3O4/c1-31(2,3)38-30(36)34-18-16-22(17-19-34)21-32-29(35)24-10-14-27(15-11-24)33-26-12-8-23(9-13-26)25-6-5-7-28(20-25)37-4/h5-15,20,22,33H,16-19,21H2,1-4H3,(H,32,35). The summed E-state index contributed by atoms with van der Waals surface area (Å²) >= 11 is 0. The number of carbonyl (C=O) groups is 2. The molecule has 3 aromatic rings. The second kappa shape index (κ2) is 12.0. The predicted molar refractivity (Wildman–Crippen MR) is 151 cm³/mol. The molecule has 0 aliphatic carbocycles. The number of carbonyl (C=O) groups excluding carboxylic acids is 2. The first-order chi connectivity index (χ1) is 18.2. The third-order valence-corrected chi connectivity index (χ3v) is 6.54. The van der Waals surface area contributed by atoms with Gasteiger partial charge in [-0.15, -0.1) is 0 Å². The highest BCUT2D eigenvalue weighted by molar-refractivity contribution is 5.94. The predicted octanol–water partition coefficient (Wildman–Crippen LogP) is 6.48. The van der Waals surface area contributed by atoms with E-state index in [9.17, 15) is 9.59 Å². The Morgan fingerprint density at radius 1 is 0.895 bits per heavy atom. The molecule has 7 nitrogen and oxygen atoms in total. The Morgan fingerprint density at radius 2 is 1.53 bits per heavy atom. The van der Waals surface area contributed by atoms with Crippen LogP contribution in [0.25, 0.3) is 11.1 Å². The van der Waals surface area contributed by atoms with Gasteiger partial charge in [-0.05, 0) is 99.2 Å². The summed E-state index contributed by atoms with van der Waals surface area (Å²) in [5.74, 6) is 1.09. The van der Waals surface area contributed by atoms with E-state index >= 15 is 0 Å². The Bertz CT molecular complexity index is 1230. The van der Waals surface area contributed by atoms with Gasteiger partial charge in [0.15, 0.2) is 0 Å². The van der Waals surface area contributed by atoms with E-state index in [2.05, 4.69) is 28.8 Å². The van der Waals surface area contributed by atoms with Crippen molar-refractivity contribution in [2.75, 3.05) is 32.1 Å². The van der Waals surface area contributed by atoms with Gasteiger partial charge in [0.05, 0.1) is 7.11 Å². The van der Waals surface area contributed by atoms with Crippen LogP contribution in [-0.2, 0) is 4.74 Å². The van der Waals surface area contributed by atoms with Crippen molar-refractivity contribution in [3.63, 3.8) is 0 Å². The van der Waals surface area contributed by atoms with Crippen LogP contribution in [0.15, 0.2) is 72.8 Å². The smallest absolute Gasteiger partial charge is 0.410 e. The van der Waals surface area contributed by atoms with Gasteiger partial charge in [-0.3, -0.25) is 4.79 Å². The minimum atomic E-state index is -0.491. The van der Waals surface area contributed by atoms with Gasteiger partial charge in [-0.1, -0.05) is 24.3 Å². The molecular formula is C31H37N3O4. The molecule has 2 amide bonds. The van der Waals surface area contributed by atoms with Gasteiger partial charge in [0.2, 0.25) is 0 Å². The number of likely N-dealkylation sites (tertiary alicyclic amines) is 1. The Kier molecular flexibility index (Phi) is 8.56. The number of benzene rings is 3. The summed E-state index contributed by atoms with van der Waals surface area (Å²) < 4.78 is 10.8. The van der Waals surface area contributed by atoms with E-state index in [4.69, 9.17) is 9.47 Å². The summed E-state index contributed by atoms with van der Waals surface area (Å²) in [6.07, 6.45) is 1.43. The monoisotopic (exact) mass is 515 g/mol. The van der Waals surface area contributed by atoms with E-state index in [0.717, 1.165) is 41.1 Å². The third kappa shape index (κ3) is 7.51. The molecule has 2 N–H and O–H groups in total. The molecule has 0 spiro atoms. The number of hydrogen-bond donors (Lipinski definition) is 2. The van der Waals surface area contributed by atoms with Crippen molar-refractivity contribution < 1.29 is 19.1 Å². The fraction of sp³-hybridized carbons (Fsp3) is 0.355. The van der Waals surface area contributed by atoms with Gasteiger partial charge >= 0.3 is 6.09 Å². The molecule has 0 radical (unpaired) electrons. The van der Waals surface area contributed by atoms with Crippen LogP contribution in [0, 0.1) is 5.92 Å². The van der Waals surface area contributed by atoms with E-state index in [1.165, 1.54) is 0 Å². The molecule has 4 rings (SSSR count). The summed E-state index contributed by atoms with van der Waals surface area (Å²) in [7, 11) is 1.67. The number of piperidine rings is 1. The van der Waals surface area contributed by atoms with Crippen LogP contribution in [0.3, 0.4) is 0 Å². The Morgan fingerprint density at radius 3 is 2.13 bits per heavy atom. The topological polar surface area (TPSA) is 79.9 Å². The number of rotatable bonds is 7. The molecule has 0 unspecified atom stereocenters. The largest absolute Gasteiger partial charge is 0.497 e. The van der Waals surface area contributed by atoms with Crippen molar-refractivity contribution in [1.82, 2.24) is 10.2 Å². The number of nitrogens with zero attached hydrogens (tertiary/aromatic N) is 1. The van der Waals surface area contributed by atoms with Gasteiger partial charge in [-0.2, -0.15) is 0 Å². The fourth-order valence-corrected chi connectivity index (χ4v) is 4.41. The molecule has 0 bridgehead atoms. The lowest BCUT2D eigenvalue weighted by atomic mass is 9.97. The quantitative estimate of drug-likeness (QED) is 0.376. The maximum Gasteiger partial charge on any atom is 0.410 e. The maximum atomic E-state index is 12.7. The molecule has 0 atom stereocenters. The average molecular weight is 516 g/mol. The summed E-state index contributed by atoms with van der Waals surface area (Å²) in [5, 5.41) is 6.43. The first-order valence-corrected chi connectivity index (χ1v) is 13.1. The Labute approximate surface area is 225 Å². The molecule has 3 aromatic carbocycles. The van der Waals surface area contributed by atoms with Crippen molar-refractivity contribution in [3.8, 4) is 16.9 Å². The van der Waals surface area contributed by atoms with Gasteiger partial charge in [0, 0.05) is 36.6 Å². The molecule has 1 fully saturated rings. The molecule has 0 aromatic heterocycles. The lowest BCUT2D eigenvalue weighted by Gasteiger charge is -2.33. The van der Waals surface area contributed by atoms with Crippen molar-refractivity contribution >= 4 is 23.4 Å². The average Bonchev–Trinajstić information content (AvgIpc) is 2.92. The van der Waals surface area contributed by atoms with E-state index in [1.54, 1.807) is 12.0 Å². The zero-order valence-corrected chi connectivity index (χ0v) is 22.6. The number of hydrogen-bond acceptors (Lipinski definition) is 5. The SMILES string of the molecule is COc1cccc(-c2ccc(Nc3ccc(C(=O)NCC4CCN(C(=O)OC(C)(C)C)CC4)cc3)cc2)c1. The van der Waals surface area contributed by atoms with Crippen LogP contribution >= 0.6 is 0 Å². The molecule has 7 heteroatoms. The summed E-state index contributed by atoms with van der Waals surface area (Å²) in [6, 6.07) is 23.6. The van der Waals surface area contributed by atoms with Crippen molar-refractivity contribution in [2.45, 2.75) is 39.2 Å². The van der Waals surface area contributed by atoms with Crippen LogP contribution in [0.2, 0.25) is 0 Å². The molecule has 200 valence electrons. The van der Waals surface area contributed by atoms with Gasteiger partial charge < -0.3 is 25.0 Å². The lowest BCUT2D eigenvalue weighted by Crippen LogP contribution is -2.43. The zero-order valence-electron chi connectivity index (χ0n) is 22.6. The normalized spacial score (nSPS) is 14.1. The Hall–Kier alpha value is -4.00. The number of nitrogens with one attached hydrogen (secondary N) is 2. The van der Waals surface area contributed by atoms with E-state index < -0.39 is 5.60 Å². The highest BCUT2D eigenvalue weighted by Crippen LogP contribution is 2.26. The number of anilines is 2. The van der Waals surface area contributed by atoms with Crippen LogP contribution < -0.4 is 15.4 Å². The number of ether oxygens (including phenoxy) is 2. The minimum Gasteiger partial charge on any atom is -0.497 e. The summed E-state index contributed by atoms with van der Waals surface area (Å²) in [4.78, 5) is 26.7. The van der Waals surface area contributed by atoms with Crippen LogP contribution in [-0.4, -0.2) is 49.2 Å². The van der Waals surface area contributed by atoms with E-state index in [0.29, 0.717) is 31.1 Å². The molecule has 38 heavy (non-hydrogen) atoms. The van der Waals surface area contributed by atoms with Crippen molar-refractivity contribution in [3.05, 3.63) is 78.4 Å². The maximum absolute atomic E-state index is 12.7.